The maximum atomic E-state index is 12.4. The van der Waals surface area contributed by atoms with Crippen LogP contribution in [0.5, 0.6) is 0 Å². The molecule has 0 aromatic rings. The van der Waals surface area contributed by atoms with Gasteiger partial charge in [-0.05, 0) is 43.7 Å². The third-order valence-electron chi connectivity index (χ3n) is 5.24. The molecule has 1 saturated carbocycles. The van der Waals surface area contributed by atoms with Crippen molar-refractivity contribution < 1.29 is 18.0 Å². The largest absolute Gasteiger partial charge is 0.401 e. The van der Waals surface area contributed by atoms with Crippen molar-refractivity contribution in [3.05, 3.63) is 0 Å². The number of hydrogen-bond donors (Lipinski definition) is 2. The lowest BCUT2D eigenvalue weighted by molar-refractivity contribution is -0.143. The second kappa shape index (κ2) is 10.8. The number of halogens is 5. The molecule has 4 nitrogen and oxygen atoms in total. The summed E-state index contributed by atoms with van der Waals surface area (Å²) in [6.45, 7) is 0.999. The van der Waals surface area contributed by atoms with E-state index in [0.717, 1.165) is 25.7 Å². The van der Waals surface area contributed by atoms with Gasteiger partial charge in [-0.3, -0.25) is 9.69 Å². The lowest BCUT2D eigenvalue weighted by atomic mass is 9.71. The minimum Gasteiger partial charge on any atom is -0.356 e. The van der Waals surface area contributed by atoms with Crippen molar-refractivity contribution in [3.8, 4) is 0 Å². The molecule has 25 heavy (non-hydrogen) atoms. The highest BCUT2D eigenvalue weighted by Crippen LogP contribution is 2.38. The first-order chi connectivity index (χ1) is 10.8. The van der Waals surface area contributed by atoms with Gasteiger partial charge in [-0.2, -0.15) is 13.2 Å². The number of nitrogens with zero attached hydrogens (tertiary/aromatic N) is 1. The number of carbonyl (C=O) groups is 1. The van der Waals surface area contributed by atoms with Crippen LogP contribution in [0.3, 0.4) is 0 Å². The van der Waals surface area contributed by atoms with E-state index in [0.29, 0.717) is 39.0 Å². The predicted molar refractivity (Wildman–Crippen MR) is 97.3 cm³/mol. The molecule has 1 saturated heterocycles. The van der Waals surface area contributed by atoms with Crippen molar-refractivity contribution in [2.45, 2.75) is 51.1 Å². The Morgan fingerprint density at radius 3 is 2.40 bits per heavy atom. The first-order valence-electron chi connectivity index (χ1n) is 8.58. The van der Waals surface area contributed by atoms with E-state index >= 15 is 0 Å². The predicted octanol–water partition coefficient (Wildman–Crippen LogP) is 3.13. The fourth-order valence-electron chi connectivity index (χ4n) is 3.89. The summed E-state index contributed by atoms with van der Waals surface area (Å²) in [5.74, 6) is 0.105. The summed E-state index contributed by atoms with van der Waals surface area (Å²) in [6, 6.07) is 0. The molecule has 0 radical (unpaired) electrons. The summed E-state index contributed by atoms with van der Waals surface area (Å²) in [6.07, 6.45) is 2.46. The van der Waals surface area contributed by atoms with E-state index < -0.39 is 12.7 Å². The number of hydrogen-bond acceptors (Lipinski definition) is 3. The Balaban J connectivity index is 0.00000288. The van der Waals surface area contributed by atoms with Crippen LogP contribution in [0.2, 0.25) is 0 Å². The van der Waals surface area contributed by atoms with Gasteiger partial charge in [-0.1, -0.05) is 19.3 Å². The van der Waals surface area contributed by atoms with Gasteiger partial charge in [0.05, 0.1) is 6.54 Å². The van der Waals surface area contributed by atoms with Gasteiger partial charge in [-0.15, -0.1) is 24.8 Å². The van der Waals surface area contributed by atoms with Crippen LogP contribution in [-0.2, 0) is 4.79 Å². The molecule has 9 heteroatoms. The van der Waals surface area contributed by atoms with Crippen molar-refractivity contribution in [3.63, 3.8) is 0 Å². The number of nitrogens with one attached hydrogen (secondary N) is 1. The monoisotopic (exact) mass is 407 g/mol. The molecule has 150 valence electrons. The minimum absolute atomic E-state index is 0. The molecule has 1 aliphatic carbocycles. The van der Waals surface area contributed by atoms with Crippen molar-refractivity contribution in [1.29, 1.82) is 0 Å². The molecule has 0 aromatic heterocycles. The molecule has 1 atom stereocenters. The van der Waals surface area contributed by atoms with Crippen LogP contribution >= 0.6 is 24.8 Å². The summed E-state index contributed by atoms with van der Waals surface area (Å²) in [5, 5.41) is 2.91. The summed E-state index contributed by atoms with van der Waals surface area (Å²) in [7, 11) is 0. The van der Waals surface area contributed by atoms with Crippen molar-refractivity contribution >= 4 is 30.7 Å². The standard InChI is InChI=1S/C16H28F3N3O.2ClH/c17-16(18,19)12-22-7-4-13(10-22)9-21-14(23)8-15(11-20)5-2-1-3-6-15;;/h13H,1-12,20H2,(H,21,23);2*1H. The number of rotatable bonds is 6. The lowest BCUT2D eigenvalue weighted by Gasteiger charge is -2.35. The van der Waals surface area contributed by atoms with Crippen LogP contribution in [0.15, 0.2) is 0 Å². The molecule has 1 unspecified atom stereocenters. The molecule has 1 heterocycles. The highest BCUT2D eigenvalue weighted by atomic mass is 35.5. The zero-order valence-corrected chi connectivity index (χ0v) is 16.1. The second-order valence-electron chi connectivity index (χ2n) is 7.25. The van der Waals surface area contributed by atoms with Crippen LogP contribution < -0.4 is 11.1 Å². The van der Waals surface area contributed by atoms with Crippen molar-refractivity contribution in [2.24, 2.45) is 17.1 Å². The lowest BCUT2D eigenvalue weighted by Crippen LogP contribution is -2.40. The quantitative estimate of drug-likeness (QED) is 0.710. The molecule has 0 bridgehead atoms. The molecule has 2 rings (SSSR count). The molecular formula is C16H30Cl2F3N3O. The maximum Gasteiger partial charge on any atom is 0.401 e. The zero-order chi connectivity index (χ0) is 16.9. The molecule has 1 aliphatic heterocycles. The molecule has 2 fully saturated rings. The summed E-state index contributed by atoms with van der Waals surface area (Å²) in [5.41, 5.74) is 5.82. The Bertz CT molecular complexity index is 405. The Kier molecular flexibility index (Phi) is 10.7. The van der Waals surface area contributed by atoms with Gasteiger partial charge < -0.3 is 11.1 Å². The fraction of sp³-hybridized carbons (Fsp3) is 0.938. The Morgan fingerprint density at radius 2 is 1.84 bits per heavy atom. The van der Waals surface area contributed by atoms with Gasteiger partial charge in [0.15, 0.2) is 0 Å². The first-order valence-corrected chi connectivity index (χ1v) is 8.58. The second-order valence-corrected chi connectivity index (χ2v) is 7.25. The number of nitrogens with two attached hydrogens (primary N) is 1. The summed E-state index contributed by atoms with van der Waals surface area (Å²) in [4.78, 5) is 13.6. The van der Waals surface area contributed by atoms with Gasteiger partial charge in [-0.25, -0.2) is 0 Å². The zero-order valence-electron chi connectivity index (χ0n) is 14.4. The Hall–Kier alpha value is -0.240. The van der Waals surface area contributed by atoms with Gasteiger partial charge in [0.25, 0.3) is 0 Å². The summed E-state index contributed by atoms with van der Waals surface area (Å²) < 4.78 is 37.1. The van der Waals surface area contributed by atoms with Gasteiger partial charge in [0, 0.05) is 19.5 Å². The smallest absolute Gasteiger partial charge is 0.356 e. The average Bonchev–Trinajstić information content (AvgIpc) is 2.91. The molecular weight excluding hydrogens is 378 g/mol. The molecule has 3 N–H and O–H groups in total. The van der Waals surface area contributed by atoms with E-state index in [1.165, 1.54) is 11.3 Å². The van der Waals surface area contributed by atoms with Crippen LogP contribution in [0.25, 0.3) is 0 Å². The van der Waals surface area contributed by atoms with Crippen molar-refractivity contribution in [1.82, 2.24) is 10.2 Å². The highest BCUT2D eigenvalue weighted by Gasteiger charge is 2.35. The maximum absolute atomic E-state index is 12.4. The van der Waals surface area contributed by atoms with Crippen LogP contribution in [-0.4, -0.2) is 49.7 Å². The summed E-state index contributed by atoms with van der Waals surface area (Å²) >= 11 is 0. The molecule has 0 spiro atoms. The van der Waals surface area contributed by atoms with E-state index in [1.54, 1.807) is 0 Å². The van der Waals surface area contributed by atoms with E-state index in [4.69, 9.17) is 5.73 Å². The number of amides is 1. The van der Waals surface area contributed by atoms with E-state index in [-0.39, 0.29) is 42.1 Å². The van der Waals surface area contributed by atoms with Gasteiger partial charge in [0.1, 0.15) is 0 Å². The topological polar surface area (TPSA) is 58.4 Å². The third-order valence-corrected chi connectivity index (χ3v) is 5.24. The van der Waals surface area contributed by atoms with Crippen LogP contribution in [0.1, 0.15) is 44.9 Å². The fourth-order valence-corrected chi connectivity index (χ4v) is 3.89. The van der Waals surface area contributed by atoms with Crippen LogP contribution in [0.4, 0.5) is 13.2 Å². The molecule has 2 aliphatic rings. The van der Waals surface area contributed by atoms with Gasteiger partial charge >= 0.3 is 6.18 Å². The van der Waals surface area contributed by atoms with E-state index in [1.807, 2.05) is 0 Å². The molecule has 0 aromatic carbocycles. The number of alkyl halides is 3. The third kappa shape index (κ3) is 8.33. The highest BCUT2D eigenvalue weighted by molar-refractivity contribution is 5.85. The van der Waals surface area contributed by atoms with Crippen LogP contribution in [0, 0.1) is 11.3 Å². The number of carbonyl (C=O) groups excluding carboxylic acids is 1. The normalized spacial score (nSPS) is 23.4. The number of likely N-dealkylation sites (tertiary alicyclic amines) is 1. The van der Waals surface area contributed by atoms with Crippen molar-refractivity contribution in [2.75, 3.05) is 32.7 Å². The molecule has 1 amide bonds. The first kappa shape index (κ1) is 24.8. The van der Waals surface area contributed by atoms with Gasteiger partial charge in [0.2, 0.25) is 5.91 Å². The average molecular weight is 408 g/mol. The Morgan fingerprint density at radius 1 is 1.20 bits per heavy atom. The SMILES string of the molecule is Cl.Cl.NCC1(CC(=O)NCC2CCN(CC(F)(F)F)C2)CCCCC1. The Labute approximate surface area is 160 Å². The van der Waals surface area contributed by atoms with E-state index in [9.17, 15) is 18.0 Å². The van der Waals surface area contributed by atoms with E-state index in [2.05, 4.69) is 5.32 Å². The minimum atomic E-state index is -4.15.